The molecular formula is C19H18N4O3. The second-order valence-corrected chi connectivity index (χ2v) is 6.14. The van der Waals surface area contributed by atoms with Crippen LogP contribution in [0.15, 0.2) is 54.7 Å². The van der Waals surface area contributed by atoms with E-state index in [0.29, 0.717) is 24.5 Å². The smallest absolute Gasteiger partial charge is 0.276 e. The van der Waals surface area contributed by atoms with Crippen LogP contribution in [-0.4, -0.2) is 39.6 Å². The molecule has 7 heteroatoms. The zero-order valence-electron chi connectivity index (χ0n) is 14.3. The van der Waals surface area contributed by atoms with Gasteiger partial charge in [-0.3, -0.25) is 4.79 Å². The highest BCUT2D eigenvalue weighted by Crippen LogP contribution is 2.32. The Morgan fingerprint density at radius 3 is 2.77 bits per heavy atom. The number of fused-ring (bicyclic) bond motifs is 1. The Balaban J connectivity index is 1.42. The largest absolute Gasteiger partial charge is 0.454 e. The summed E-state index contributed by atoms with van der Waals surface area (Å²) in [5.74, 6) is 1.26. The minimum absolute atomic E-state index is 0.179. The first-order valence-electron chi connectivity index (χ1n) is 8.27. The van der Waals surface area contributed by atoms with E-state index in [-0.39, 0.29) is 12.7 Å². The average molecular weight is 350 g/mol. The van der Waals surface area contributed by atoms with Crippen LogP contribution in [0.1, 0.15) is 21.6 Å². The zero-order chi connectivity index (χ0) is 17.9. The molecule has 1 aromatic heterocycles. The second kappa shape index (κ2) is 6.87. The topological polar surface area (TPSA) is 69.5 Å². The van der Waals surface area contributed by atoms with Gasteiger partial charge in [0.2, 0.25) is 6.79 Å². The molecule has 4 rings (SSSR count). The van der Waals surface area contributed by atoms with E-state index < -0.39 is 0 Å². The van der Waals surface area contributed by atoms with Gasteiger partial charge in [-0.15, -0.1) is 5.10 Å². The number of amides is 1. The van der Waals surface area contributed by atoms with Crippen LogP contribution < -0.4 is 9.47 Å². The Hall–Kier alpha value is -3.35. The summed E-state index contributed by atoms with van der Waals surface area (Å²) < 4.78 is 12.3. The molecule has 2 heterocycles. The van der Waals surface area contributed by atoms with Crippen LogP contribution >= 0.6 is 0 Å². The van der Waals surface area contributed by atoms with Crippen molar-refractivity contribution < 1.29 is 14.3 Å². The van der Waals surface area contributed by atoms with E-state index in [4.69, 9.17) is 9.47 Å². The molecule has 1 aliphatic heterocycles. The Bertz CT molecular complexity index is 924. The average Bonchev–Trinajstić information content (AvgIpc) is 3.31. The van der Waals surface area contributed by atoms with Crippen molar-refractivity contribution in [3.63, 3.8) is 0 Å². The maximum atomic E-state index is 12.6. The SMILES string of the molecule is CN(Cc1ccc2c(c1)OCO2)C(=O)c1cn(Cc2ccccc2)nn1. The number of aromatic nitrogens is 3. The lowest BCUT2D eigenvalue weighted by atomic mass is 10.2. The predicted octanol–water partition coefficient (Wildman–Crippen LogP) is 2.33. The molecule has 0 saturated carbocycles. The maximum absolute atomic E-state index is 12.6. The summed E-state index contributed by atoms with van der Waals surface area (Å²) in [6, 6.07) is 15.6. The summed E-state index contributed by atoms with van der Waals surface area (Å²) in [6.07, 6.45) is 1.67. The number of hydrogen-bond acceptors (Lipinski definition) is 5. The molecule has 0 radical (unpaired) electrons. The quantitative estimate of drug-likeness (QED) is 0.706. The lowest BCUT2D eigenvalue weighted by molar-refractivity contribution is 0.0779. The van der Waals surface area contributed by atoms with Crippen LogP contribution in [0.25, 0.3) is 0 Å². The van der Waals surface area contributed by atoms with Gasteiger partial charge in [0.25, 0.3) is 5.91 Å². The Morgan fingerprint density at radius 1 is 1.12 bits per heavy atom. The molecule has 26 heavy (non-hydrogen) atoms. The molecule has 7 nitrogen and oxygen atoms in total. The number of carbonyl (C=O) groups excluding carboxylic acids is 1. The van der Waals surface area contributed by atoms with E-state index >= 15 is 0 Å². The molecule has 0 fully saturated rings. The first-order valence-corrected chi connectivity index (χ1v) is 8.27. The summed E-state index contributed by atoms with van der Waals surface area (Å²) in [4.78, 5) is 14.2. The van der Waals surface area contributed by atoms with Crippen molar-refractivity contribution in [2.24, 2.45) is 0 Å². The number of hydrogen-bond donors (Lipinski definition) is 0. The third-order valence-electron chi connectivity index (χ3n) is 4.15. The third-order valence-corrected chi connectivity index (χ3v) is 4.15. The first kappa shape index (κ1) is 16.1. The zero-order valence-corrected chi connectivity index (χ0v) is 14.3. The van der Waals surface area contributed by atoms with E-state index in [9.17, 15) is 4.79 Å². The standard InChI is InChI=1S/C19H18N4O3/c1-22(10-15-7-8-17-18(9-15)26-13-25-17)19(24)16-12-23(21-20-16)11-14-5-3-2-4-6-14/h2-9,12H,10-11,13H2,1H3. The fraction of sp³-hybridized carbons (Fsp3) is 0.211. The highest BCUT2D eigenvalue weighted by molar-refractivity contribution is 5.91. The van der Waals surface area contributed by atoms with Crippen LogP contribution in [0.3, 0.4) is 0 Å². The lowest BCUT2D eigenvalue weighted by Gasteiger charge is -2.15. The summed E-state index contributed by atoms with van der Waals surface area (Å²) in [5.41, 5.74) is 2.39. The van der Waals surface area contributed by atoms with Crippen LogP contribution in [0.2, 0.25) is 0 Å². The van der Waals surface area contributed by atoms with Gasteiger partial charge >= 0.3 is 0 Å². The summed E-state index contributed by atoms with van der Waals surface area (Å²) >= 11 is 0. The van der Waals surface area contributed by atoms with Gasteiger partial charge in [0.05, 0.1) is 12.7 Å². The predicted molar refractivity (Wildman–Crippen MR) is 93.9 cm³/mol. The number of rotatable bonds is 5. The van der Waals surface area contributed by atoms with Crippen molar-refractivity contribution >= 4 is 5.91 Å². The lowest BCUT2D eigenvalue weighted by Crippen LogP contribution is -2.26. The molecule has 0 unspecified atom stereocenters. The van der Waals surface area contributed by atoms with Gasteiger partial charge in [0.15, 0.2) is 17.2 Å². The molecule has 132 valence electrons. The molecule has 0 N–H and O–H groups in total. The van der Waals surface area contributed by atoms with Gasteiger partial charge in [-0.05, 0) is 23.3 Å². The molecule has 3 aromatic rings. The van der Waals surface area contributed by atoms with Gasteiger partial charge < -0.3 is 14.4 Å². The van der Waals surface area contributed by atoms with E-state index in [1.165, 1.54) is 0 Å². The maximum Gasteiger partial charge on any atom is 0.276 e. The number of ether oxygens (including phenoxy) is 2. The minimum atomic E-state index is -0.179. The van der Waals surface area contributed by atoms with Gasteiger partial charge in [-0.25, -0.2) is 4.68 Å². The Labute approximate surface area is 150 Å². The normalized spacial score (nSPS) is 12.2. The molecule has 1 aliphatic rings. The molecule has 0 bridgehead atoms. The van der Waals surface area contributed by atoms with Crippen molar-refractivity contribution in [1.29, 1.82) is 0 Å². The van der Waals surface area contributed by atoms with Crippen molar-refractivity contribution in [3.8, 4) is 11.5 Å². The Morgan fingerprint density at radius 2 is 1.92 bits per heavy atom. The molecule has 1 amide bonds. The van der Waals surface area contributed by atoms with Crippen LogP contribution in [0, 0.1) is 0 Å². The Kier molecular flexibility index (Phi) is 4.27. The summed E-state index contributed by atoms with van der Waals surface area (Å²) in [5, 5.41) is 8.06. The minimum Gasteiger partial charge on any atom is -0.454 e. The van der Waals surface area contributed by atoms with Crippen LogP contribution in [0.5, 0.6) is 11.5 Å². The van der Waals surface area contributed by atoms with E-state index in [1.807, 2.05) is 48.5 Å². The molecule has 0 atom stereocenters. The molecule has 2 aromatic carbocycles. The highest BCUT2D eigenvalue weighted by Gasteiger charge is 2.18. The molecule has 0 aliphatic carbocycles. The monoisotopic (exact) mass is 350 g/mol. The second-order valence-electron chi connectivity index (χ2n) is 6.14. The summed E-state index contributed by atoms with van der Waals surface area (Å²) in [6.45, 7) is 1.26. The third kappa shape index (κ3) is 3.37. The van der Waals surface area contributed by atoms with Gasteiger partial charge in [0, 0.05) is 13.6 Å². The van der Waals surface area contributed by atoms with Crippen molar-refractivity contribution in [3.05, 3.63) is 71.5 Å². The van der Waals surface area contributed by atoms with E-state index in [2.05, 4.69) is 10.3 Å². The van der Waals surface area contributed by atoms with Crippen LogP contribution in [-0.2, 0) is 13.1 Å². The van der Waals surface area contributed by atoms with Gasteiger partial charge in [-0.2, -0.15) is 0 Å². The van der Waals surface area contributed by atoms with Gasteiger partial charge in [-0.1, -0.05) is 41.6 Å². The van der Waals surface area contributed by atoms with Crippen LogP contribution in [0.4, 0.5) is 0 Å². The first-order chi connectivity index (χ1) is 12.7. The van der Waals surface area contributed by atoms with Crippen molar-refractivity contribution in [1.82, 2.24) is 19.9 Å². The van der Waals surface area contributed by atoms with Gasteiger partial charge in [0.1, 0.15) is 0 Å². The fourth-order valence-corrected chi connectivity index (χ4v) is 2.82. The molecular weight excluding hydrogens is 332 g/mol. The molecule has 0 spiro atoms. The number of benzene rings is 2. The highest BCUT2D eigenvalue weighted by atomic mass is 16.7. The number of carbonyl (C=O) groups is 1. The van der Waals surface area contributed by atoms with Crippen molar-refractivity contribution in [2.45, 2.75) is 13.1 Å². The van der Waals surface area contributed by atoms with E-state index in [0.717, 1.165) is 16.9 Å². The number of nitrogens with zero attached hydrogens (tertiary/aromatic N) is 4. The summed E-state index contributed by atoms with van der Waals surface area (Å²) in [7, 11) is 1.74. The van der Waals surface area contributed by atoms with Crippen molar-refractivity contribution in [2.75, 3.05) is 13.8 Å². The molecule has 0 saturated heterocycles. The fourth-order valence-electron chi connectivity index (χ4n) is 2.82. The van der Waals surface area contributed by atoms with E-state index in [1.54, 1.807) is 22.8 Å².